The molecule has 234 valence electrons. The normalized spacial score (nSPS) is 20.3. The number of aromatic amines is 1. The fourth-order valence-electron chi connectivity index (χ4n) is 6.70. The van der Waals surface area contributed by atoms with Crippen molar-refractivity contribution in [3.8, 4) is 17.2 Å². The number of fused-ring (bicyclic) bond motifs is 1. The second-order valence-corrected chi connectivity index (χ2v) is 12.6. The molecule has 9 nitrogen and oxygen atoms in total. The Morgan fingerprint density at radius 1 is 1.09 bits per heavy atom. The van der Waals surface area contributed by atoms with E-state index in [2.05, 4.69) is 4.98 Å². The van der Waals surface area contributed by atoms with Gasteiger partial charge in [0.15, 0.2) is 5.78 Å². The number of ether oxygens (including phenoxy) is 1. The van der Waals surface area contributed by atoms with Crippen LogP contribution in [0.1, 0.15) is 54.1 Å². The molecule has 1 aliphatic carbocycles. The minimum Gasteiger partial charge on any atom is -0.506 e. The summed E-state index contributed by atoms with van der Waals surface area (Å²) in [7, 11) is 0. The Bertz CT molecular complexity index is 1750. The number of imide groups is 1. The third kappa shape index (κ3) is 6.41. The summed E-state index contributed by atoms with van der Waals surface area (Å²) in [5, 5.41) is 10.9. The maximum absolute atomic E-state index is 14.0. The topological polar surface area (TPSA) is 129 Å². The van der Waals surface area contributed by atoms with Crippen LogP contribution in [0.15, 0.2) is 66.9 Å². The van der Waals surface area contributed by atoms with Gasteiger partial charge in [-0.1, -0.05) is 42.3 Å². The number of nitrogens with zero attached hydrogens (tertiary/aromatic N) is 2. The molecule has 1 aliphatic heterocycles. The monoisotopic (exact) mass is 628 g/mol. The van der Waals surface area contributed by atoms with Gasteiger partial charge in [0.1, 0.15) is 23.3 Å². The van der Waals surface area contributed by atoms with E-state index in [-0.39, 0.29) is 41.0 Å². The fourth-order valence-corrected chi connectivity index (χ4v) is 6.87. The van der Waals surface area contributed by atoms with E-state index in [9.17, 15) is 19.5 Å². The predicted molar refractivity (Wildman–Crippen MR) is 173 cm³/mol. The lowest BCUT2D eigenvalue weighted by Gasteiger charge is -2.30. The van der Waals surface area contributed by atoms with Gasteiger partial charge in [-0.3, -0.25) is 14.5 Å². The lowest BCUT2D eigenvalue weighted by molar-refractivity contribution is -0.128. The number of benzene rings is 3. The maximum atomic E-state index is 14.0. The molecule has 2 aliphatic rings. The standard InChI is InChI=1S/C35H37ClN4O5/c1-21(41)28-14-24(9-12-33(28)45-26-10-11-32(42)29(36)16-26)19-39-31(15-25-18-38-30-8-3-2-7-27(25)30)34(43)40(35(39)44)20-23-6-4-5-22(13-23)17-37/h2-3,7-12,14,16,18,22-23,31,38,42H,4-6,13,15,17,19-20,37H2,1H3/t22-,23?,31+/m1/s1. The number of halogens is 1. The van der Waals surface area contributed by atoms with Crippen LogP contribution in [0, 0.1) is 11.8 Å². The van der Waals surface area contributed by atoms with E-state index < -0.39 is 6.04 Å². The summed E-state index contributed by atoms with van der Waals surface area (Å²) in [4.78, 5) is 47.1. The Kier molecular flexibility index (Phi) is 8.83. The quantitative estimate of drug-likeness (QED) is 0.133. The molecule has 3 aromatic carbocycles. The first-order valence-electron chi connectivity index (χ1n) is 15.4. The number of ketones is 1. The van der Waals surface area contributed by atoms with E-state index in [1.165, 1.54) is 24.0 Å². The smallest absolute Gasteiger partial charge is 0.327 e. The van der Waals surface area contributed by atoms with Gasteiger partial charge in [0.2, 0.25) is 0 Å². The number of amides is 3. The molecular formula is C35H37ClN4O5. The van der Waals surface area contributed by atoms with E-state index in [0.29, 0.717) is 48.1 Å². The Morgan fingerprint density at radius 2 is 1.89 bits per heavy atom. The number of hydrogen-bond donors (Lipinski definition) is 3. The number of carbonyl (C=O) groups excluding carboxylic acids is 3. The molecule has 6 rings (SSSR count). The van der Waals surface area contributed by atoms with Crippen molar-refractivity contribution in [2.75, 3.05) is 13.1 Å². The first kappa shape index (κ1) is 30.7. The average molecular weight is 629 g/mol. The summed E-state index contributed by atoms with van der Waals surface area (Å²) in [6.07, 6.45) is 6.29. The zero-order valence-electron chi connectivity index (χ0n) is 25.2. The number of nitrogens with two attached hydrogens (primary N) is 1. The van der Waals surface area contributed by atoms with E-state index in [1.807, 2.05) is 30.5 Å². The highest BCUT2D eigenvalue weighted by atomic mass is 35.5. The largest absolute Gasteiger partial charge is 0.506 e. The van der Waals surface area contributed by atoms with Crippen molar-refractivity contribution < 1.29 is 24.2 Å². The minimum atomic E-state index is -0.693. The maximum Gasteiger partial charge on any atom is 0.327 e. The van der Waals surface area contributed by atoms with Crippen molar-refractivity contribution in [2.24, 2.45) is 17.6 Å². The molecule has 2 heterocycles. The van der Waals surface area contributed by atoms with Gasteiger partial charge in [-0.2, -0.15) is 0 Å². The summed E-state index contributed by atoms with van der Waals surface area (Å²) in [6.45, 7) is 2.60. The Balaban J connectivity index is 1.29. The van der Waals surface area contributed by atoms with Crippen molar-refractivity contribution >= 4 is 40.2 Å². The van der Waals surface area contributed by atoms with Crippen LogP contribution in [-0.4, -0.2) is 56.7 Å². The lowest BCUT2D eigenvalue weighted by Crippen LogP contribution is -2.38. The van der Waals surface area contributed by atoms with Crippen LogP contribution in [-0.2, 0) is 17.8 Å². The second kappa shape index (κ2) is 12.9. The molecule has 1 unspecified atom stereocenters. The third-order valence-electron chi connectivity index (χ3n) is 9.08. The van der Waals surface area contributed by atoms with Gasteiger partial charge in [-0.25, -0.2) is 4.79 Å². The SMILES string of the molecule is CC(=O)c1cc(CN2C(=O)N(CC3CCC[C@@H](CN)C3)C(=O)[C@@H]2Cc2c[nH]c3ccccc23)ccc1Oc1ccc(O)c(Cl)c1. The molecule has 45 heavy (non-hydrogen) atoms. The number of nitrogens with one attached hydrogen (secondary N) is 1. The van der Waals surface area contributed by atoms with Gasteiger partial charge in [0.25, 0.3) is 5.91 Å². The van der Waals surface area contributed by atoms with E-state index in [1.54, 1.807) is 29.2 Å². The molecule has 10 heteroatoms. The third-order valence-corrected chi connectivity index (χ3v) is 9.38. The second-order valence-electron chi connectivity index (χ2n) is 12.2. The van der Waals surface area contributed by atoms with Crippen LogP contribution < -0.4 is 10.5 Å². The molecule has 1 saturated heterocycles. The summed E-state index contributed by atoms with van der Waals surface area (Å²) in [5.41, 5.74) is 8.93. The molecule has 3 atom stereocenters. The van der Waals surface area contributed by atoms with Crippen molar-refractivity contribution in [3.05, 3.63) is 88.6 Å². The van der Waals surface area contributed by atoms with Gasteiger partial charge in [-0.15, -0.1) is 0 Å². The molecule has 0 radical (unpaired) electrons. The molecule has 1 aromatic heterocycles. The average Bonchev–Trinajstić information content (AvgIpc) is 3.54. The number of aromatic nitrogens is 1. The summed E-state index contributed by atoms with van der Waals surface area (Å²) >= 11 is 6.04. The first-order valence-corrected chi connectivity index (χ1v) is 15.8. The number of aromatic hydroxyl groups is 1. The van der Waals surface area contributed by atoms with Gasteiger partial charge >= 0.3 is 6.03 Å². The number of carbonyl (C=O) groups is 3. The number of urea groups is 1. The zero-order chi connectivity index (χ0) is 31.7. The van der Waals surface area contributed by atoms with Crippen LogP contribution in [0.3, 0.4) is 0 Å². The van der Waals surface area contributed by atoms with Gasteiger partial charge < -0.3 is 25.5 Å². The number of phenols is 1. The Labute approximate surface area is 266 Å². The van der Waals surface area contributed by atoms with Gasteiger partial charge in [0, 0.05) is 42.7 Å². The van der Waals surface area contributed by atoms with Crippen LogP contribution in [0.4, 0.5) is 4.79 Å². The molecule has 1 saturated carbocycles. The molecule has 2 fully saturated rings. The summed E-state index contributed by atoms with van der Waals surface area (Å²) < 4.78 is 5.95. The van der Waals surface area contributed by atoms with Crippen molar-refractivity contribution in [2.45, 2.75) is 51.6 Å². The predicted octanol–water partition coefficient (Wildman–Crippen LogP) is 6.66. The van der Waals surface area contributed by atoms with Crippen LogP contribution in [0.2, 0.25) is 5.02 Å². The lowest BCUT2D eigenvalue weighted by atomic mass is 9.81. The highest BCUT2D eigenvalue weighted by molar-refractivity contribution is 6.32. The summed E-state index contributed by atoms with van der Waals surface area (Å²) in [6, 6.07) is 16.5. The van der Waals surface area contributed by atoms with Crippen molar-refractivity contribution in [1.29, 1.82) is 0 Å². The molecule has 4 N–H and O–H groups in total. The number of para-hydroxylation sites is 1. The Morgan fingerprint density at radius 3 is 2.67 bits per heavy atom. The molecular weight excluding hydrogens is 592 g/mol. The molecule has 0 spiro atoms. The van der Waals surface area contributed by atoms with Crippen LogP contribution >= 0.6 is 11.6 Å². The summed E-state index contributed by atoms with van der Waals surface area (Å²) in [5.74, 6) is 0.833. The number of phenolic OH excluding ortho intramolecular Hbond substituents is 1. The van der Waals surface area contributed by atoms with Gasteiger partial charge in [-0.05, 0) is 86.0 Å². The van der Waals surface area contributed by atoms with E-state index in [4.69, 9.17) is 22.1 Å². The Hall–Kier alpha value is -4.34. The highest BCUT2D eigenvalue weighted by Crippen LogP contribution is 2.35. The fraction of sp³-hybridized carbons (Fsp3) is 0.343. The van der Waals surface area contributed by atoms with Crippen LogP contribution in [0.25, 0.3) is 10.9 Å². The van der Waals surface area contributed by atoms with E-state index >= 15 is 0 Å². The zero-order valence-corrected chi connectivity index (χ0v) is 25.9. The first-order chi connectivity index (χ1) is 21.7. The minimum absolute atomic E-state index is 0.0742. The number of H-pyrrole nitrogens is 1. The number of Topliss-reactive ketones (excluding diaryl/α,β-unsaturated/α-hetero) is 1. The van der Waals surface area contributed by atoms with Crippen LogP contribution in [0.5, 0.6) is 17.2 Å². The molecule has 0 bridgehead atoms. The highest BCUT2D eigenvalue weighted by Gasteiger charge is 2.46. The van der Waals surface area contributed by atoms with Crippen molar-refractivity contribution in [1.82, 2.24) is 14.8 Å². The van der Waals surface area contributed by atoms with E-state index in [0.717, 1.165) is 42.1 Å². The van der Waals surface area contributed by atoms with Crippen molar-refractivity contribution in [3.63, 3.8) is 0 Å². The molecule has 4 aromatic rings. The van der Waals surface area contributed by atoms with Gasteiger partial charge in [0.05, 0.1) is 10.6 Å². The number of hydrogen-bond acceptors (Lipinski definition) is 6. The molecule has 3 amide bonds. The number of rotatable bonds is 10.